The minimum absolute atomic E-state index is 0.779. The number of hydrogen-bond acceptors (Lipinski definition) is 1. The highest BCUT2D eigenvalue weighted by atomic mass is 35.5. The molecule has 0 saturated heterocycles. The zero-order valence-electron chi connectivity index (χ0n) is 8.72. The molecule has 1 rings (SSSR count). The van der Waals surface area contributed by atoms with Crippen molar-refractivity contribution in [2.45, 2.75) is 32.6 Å². The summed E-state index contributed by atoms with van der Waals surface area (Å²) in [4.78, 5) is 0. The third kappa shape index (κ3) is 3.69. The Kier molecular flexibility index (Phi) is 4.99. The predicted molar refractivity (Wildman–Crippen MR) is 62.8 cm³/mol. The average Bonchev–Trinajstić information content (AvgIpc) is 2.17. The molecule has 2 N–H and O–H groups in total. The van der Waals surface area contributed by atoms with Crippen LogP contribution in [0.4, 0.5) is 0 Å². The zero-order valence-corrected chi connectivity index (χ0v) is 9.48. The number of hydrogen-bond donors (Lipinski definition) is 1. The average molecular weight is 212 g/mol. The minimum Gasteiger partial charge on any atom is -0.330 e. The van der Waals surface area contributed by atoms with Crippen LogP contribution in [0.1, 0.15) is 30.9 Å². The van der Waals surface area contributed by atoms with Gasteiger partial charge >= 0.3 is 0 Å². The molecule has 0 amide bonds. The fourth-order valence-electron chi connectivity index (χ4n) is 1.54. The zero-order chi connectivity index (χ0) is 10.4. The number of rotatable bonds is 5. The number of unbranched alkanes of at least 4 members (excludes halogenated alkanes) is 1. The van der Waals surface area contributed by atoms with Crippen LogP contribution in [0.5, 0.6) is 0 Å². The molecule has 2 heteroatoms. The number of halogens is 1. The van der Waals surface area contributed by atoms with E-state index in [2.05, 4.69) is 19.1 Å². The summed E-state index contributed by atoms with van der Waals surface area (Å²) >= 11 is 6.02. The van der Waals surface area contributed by atoms with Crippen LogP contribution in [0.15, 0.2) is 18.2 Å². The summed E-state index contributed by atoms with van der Waals surface area (Å²) in [5, 5.41) is 0.854. The van der Waals surface area contributed by atoms with Crippen molar-refractivity contribution in [3.8, 4) is 0 Å². The maximum atomic E-state index is 6.02. The number of aryl methyl sites for hydroxylation is 2. The maximum Gasteiger partial charge on any atom is 0.0411 e. The molecule has 0 aliphatic carbocycles. The van der Waals surface area contributed by atoms with E-state index in [-0.39, 0.29) is 0 Å². The summed E-state index contributed by atoms with van der Waals surface area (Å²) in [6, 6.07) is 6.33. The third-order valence-electron chi connectivity index (χ3n) is 2.35. The molecule has 0 unspecified atom stereocenters. The Labute approximate surface area is 91.3 Å². The van der Waals surface area contributed by atoms with Crippen molar-refractivity contribution in [1.82, 2.24) is 0 Å². The van der Waals surface area contributed by atoms with Crippen molar-refractivity contribution in [3.63, 3.8) is 0 Å². The van der Waals surface area contributed by atoms with Crippen LogP contribution in [-0.2, 0) is 12.8 Å². The predicted octanol–water partition coefficient (Wildman–Crippen LogP) is 3.18. The highest BCUT2D eigenvalue weighted by Gasteiger charge is 1.98. The molecule has 0 atom stereocenters. The van der Waals surface area contributed by atoms with Crippen molar-refractivity contribution in [2.24, 2.45) is 5.73 Å². The van der Waals surface area contributed by atoms with E-state index in [0.29, 0.717) is 0 Å². The van der Waals surface area contributed by atoms with E-state index in [4.69, 9.17) is 17.3 Å². The summed E-state index contributed by atoms with van der Waals surface area (Å²) in [5.41, 5.74) is 8.11. The van der Waals surface area contributed by atoms with Gasteiger partial charge in [0.25, 0.3) is 0 Å². The lowest BCUT2D eigenvalue weighted by Gasteiger charge is -2.04. The van der Waals surface area contributed by atoms with Gasteiger partial charge in [0.2, 0.25) is 0 Å². The monoisotopic (exact) mass is 211 g/mol. The molecule has 1 aromatic rings. The van der Waals surface area contributed by atoms with Gasteiger partial charge in [-0.1, -0.05) is 24.6 Å². The molecule has 0 spiro atoms. The molecular formula is C12H18ClN. The van der Waals surface area contributed by atoms with E-state index in [1.165, 1.54) is 11.1 Å². The van der Waals surface area contributed by atoms with Gasteiger partial charge in [-0.05, 0) is 55.5 Å². The smallest absolute Gasteiger partial charge is 0.0411 e. The lowest BCUT2D eigenvalue weighted by atomic mass is 10.0. The highest BCUT2D eigenvalue weighted by Crippen LogP contribution is 2.17. The molecule has 0 aromatic heterocycles. The Hall–Kier alpha value is -0.530. The van der Waals surface area contributed by atoms with Gasteiger partial charge in [0, 0.05) is 5.02 Å². The van der Waals surface area contributed by atoms with Crippen LogP contribution >= 0.6 is 11.6 Å². The first-order chi connectivity index (χ1) is 6.76. The van der Waals surface area contributed by atoms with Gasteiger partial charge in [0.05, 0.1) is 0 Å². The molecule has 1 nitrogen and oxygen atoms in total. The second-order valence-corrected chi connectivity index (χ2v) is 4.00. The van der Waals surface area contributed by atoms with Gasteiger partial charge in [-0.3, -0.25) is 0 Å². The maximum absolute atomic E-state index is 6.02. The first-order valence-corrected chi connectivity index (χ1v) is 5.62. The summed E-state index contributed by atoms with van der Waals surface area (Å²) in [6.45, 7) is 2.93. The Morgan fingerprint density at radius 2 is 1.86 bits per heavy atom. The second kappa shape index (κ2) is 6.05. The van der Waals surface area contributed by atoms with Crippen molar-refractivity contribution < 1.29 is 0 Å². The summed E-state index contributed by atoms with van der Waals surface area (Å²) in [5.74, 6) is 0. The van der Waals surface area contributed by atoms with Gasteiger partial charge in [0.1, 0.15) is 0 Å². The van der Waals surface area contributed by atoms with Crippen molar-refractivity contribution in [2.75, 3.05) is 6.54 Å². The molecule has 0 bridgehead atoms. The summed E-state index contributed by atoms with van der Waals surface area (Å²) < 4.78 is 0. The topological polar surface area (TPSA) is 26.0 Å². The molecule has 0 saturated carbocycles. The molecular weight excluding hydrogens is 194 g/mol. The van der Waals surface area contributed by atoms with Gasteiger partial charge in [-0.2, -0.15) is 0 Å². The van der Waals surface area contributed by atoms with Gasteiger partial charge < -0.3 is 5.73 Å². The SMILES string of the molecule is CCc1cc(Cl)cc(CCCCN)c1. The van der Waals surface area contributed by atoms with Crippen molar-refractivity contribution in [1.29, 1.82) is 0 Å². The molecule has 78 valence electrons. The Balaban J connectivity index is 2.62. The van der Waals surface area contributed by atoms with Crippen LogP contribution in [0.25, 0.3) is 0 Å². The fourth-order valence-corrected chi connectivity index (χ4v) is 1.82. The Morgan fingerprint density at radius 3 is 2.50 bits per heavy atom. The Morgan fingerprint density at radius 1 is 1.14 bits per heavy atom. The lowest BCUT2D eigenvalue weighted by Crippen LogP contribution is -1.99. The normalized spacial score (nSPS) is 10.5. The van der Waals surface area contributed by atoms with Crippen molar-refractivity contribution in [3.05, 3.63) is 34.3 Å². The molecule has 0 aliphatic heterocycles. The second-order valence-electron chi connectivity index (χ2n) is 3.57. The highest BCUT2D eigenvalue weighted by molar-refractivity contribution is 6.30. The molecule has 1 aromatic carbocycles. The quantitative estimate of drug-likeness (QED) is 0.744. The molecule has 0 heterocycles. The molecule has 0 aliphatic rings. The van der Waals surface area contributed by atoms with Crippen LogP contribution in [0, 0.1) is 0 Å². The molecule has 0 fully saturated rings. The molecule has 14 heavy (non-hydrogen) atoms. The van der Waals surface area contributed by atoms with E-state index < -0.39 is 0 Å². The fraction of sp³-hybridized carbons (Fsp3) is 0.500. The van der Waals surface area contributed by atoms with Crippen LogP contribution in [0.3, 0.4) is 0 Å². The lowest BCUT2D eigenvalue weighted by molar-refractivity contribution is 0.744. The van der Waals surface area contributed by atoms with Gasteiger partial charge in [-0.25, -0.2) is 0 Å². The van der Waals surface area contributed by atoms with Gasteiger partial charge in [-0.15, -0.1) is 0 Å². The first kappa shape index (κ1) is 11.5. The van der Waals surface area contributed by atoms with E-state index >= 15 is 0 Å². The van der Waals surface area contributed by atoms with Crippen LogP contribution < -0.4 is 5.73 Å². The van der Waals surface area contributed by atoms with Gasteiger partial charge in [0.15, 0.2) is 0 Å². The van der Waals surface area contributed by atoms with E-state index in [0.717, 1.165) is 37.3 Å². The minimum atomic E-state index is 0.779. The van der Waals surface area contributed by atoms with E-state index in [1.807, 2.05) is 6.07 Å². The molecule has 0 radical (unpaired) electrons. The van der Waals surface area contributed by atoms with E-state index in [9.17, 15) is 0 Å². The summed E-state index contributed by atoms with van der Waals surface area (Å²) in [7, 11) is 0. The first-order valence-electron chi connectivity index (χ1n) is 5.24. The van der Waals surface area contributed by atoms with Crippen LogP contribution in [0.2, 0.25) is 5.02 Å². The summed E-state index contributed by atoms with van der Waals surface area (Å²) in [6.07, 6.45) is 4.38. The number of nitrogens with two attached hydrogens (primary N) is 1. The van der Waals surface area contributed by atoms with Crippen molar-refractivity contribution >= 4 is 11.6 Å². The third-order valence-corrected chi connectivity index (χ3v) is 2.56. The number of benzene rings is 1. The Bertz CT molecular complexity index is 284. The largest absolute Gasteiger partial charge is 0.330 e. The van der Waals surface area contributed by atoms with Crippen LogP contribution in [-0.4, -0.2) is 6.54 Å². The van der Waals surface area contributed by atoms with E-state index in [1.54, 1.807) is 0 Å². The standard InChI is InChI=1S/C12H18ClN/c1-2-10-7-11(5-3-4-6-14)9-12(13)8-10/h7-9H,2-6,14H2,1H3.